The maximum atomic E-state index is 12.9. The topological polar surface area (TPSA) is 102 Å². The fraction of sp³-hybridized carbons (Fsp3) is 0.167. The van der Waals surface area contributed by atoms with Gasteiger partial charge in [-0.1, -0.05) is 72.8 Å². The van der Waals surface area contributed by atoms with Crippen LogP contribution in [-0.2, 0) is 15.1 Å². The Morgan fingerprint density at radius 1 is 0.900 bits per heavy atom. The predicted molar refractivity (Wildman–Crippen MR) is 114 cm³/mol. The lowest BCUT2D eigenvalue weighted by Crippen LogP contribution is -2.49. The summed E-state index contributed by atoms with van der Waals surface area (Å²) >= 11 is 0. The van der Waals surface area contributed by atoms with Gasteiger partial charge in [-0.25, -0.2) is 0 Å². The summed E-state index contributed by atoms with van der Waals surface area (Å²) in [5.41, 5.74) is 7.04. The van der Waals surface area contributed by atoms with Crippen molar-refractivity contribution in [1.82, 2.24) is 5.32 Å². The smallest absolute Gasteiger partial charge is 0.321 e. The van der Waals surface area contributed by atoms with Crippen molar-refractivity contribution in [3.05, 3.63) is 102 Å². The minimum Gasteiger partial charge on any atom is -0.497 e. The number of methoxy groups -OCH3 is 1. The molecule has 0 heterocycles. The molecule has 0 fully saturated rings. The van der Waals surface area contributed by atoms with Crippen LogP contribution in [0.5, 0.6) is 5.75 Å². The molecule has 1 atom stereocenters. The minimum atomic E-state index is -1.29. The Morgan fingerprint density at radius 3 is 1.80 bits per heavy atom. The summed E-state index contributed by atoms with van der Waals surface area (Å²) < 4.78 is 5.28. The molecule has 0 radical (unpaired) electrons. The van der Waals surface area contributed by atoms with Crippen molar-refractivity contribution in [3.63, 3.8) is 0 Å². The van der Waals surface area contributed by atoms with Gasteiger partial charge in [0.15, 0.2) is 0 Å². The third-order valence-electron chi connectivity index (χ3n) is 4.99. The normalized spacial score (nSPS) is 12.1. The number of hydrogen-bond acceptors (Lipinski definition) is 4. The first-order valence-electron chi connectivity index (χ1n) is 9.52. The van der Waals surface area contributed by atoms with Crippen LogP contribution in [0.15, 0.2) is 84.9 Å². The molecule has 6 heteroatoms. The Balaban J connectivity index is 2.18. The summed E-state index contributed by atoms with van der Waals surface area (Å²) in [7, 11) is 1.59. The molecule has 0 unspecified atom stereocenters. The number of carboxylic acids is 1. The van der Waals surface area contributed by atoms with Gasteiger partial charge in [-0.15, -0.1) is 0 Å². The predicted octanol–water partition coefficient (Wildman–Crippen LogP) is 2.91. The van der Waals surface area contributed by atoms with E-state index in [0.717, 1.165) is 16.7 Å². The lowest BCUT2D eigenvalue weighted by Gasteiger charge is -2.37. The maximum absolute atomic E-state index is 12.9. The highest BCUT2D eigenvalue weighted by molar-refractivity contribution is 5.85. The van der Waals surface area contributed by atoms with Gasteiger partial charge in [0.2, 0.25) is 5.91 Å². The van der Waals surface area contributed by atoms with Gasteiger partial charge in [0.05, 0.1) is 13.5 Å². The van der Waals surface area contributed by atoms with Crippen molar-refractivity contribution in [2.24, 2.45) is 5.73 Å². The summed E-state index contributed by atoms with van der Waals surface area (Å²) in [4.78, 5) is 24.1. The zero-order chi connectivity index (χ0) is 21.6. The van der Waals surface area contributed by atoms with Gasteiger partial charge >= 0.3 is 5.97 Å². The van der Waals surface area contributed by atoms with Crippen LogP contribution < -0.4 is 15.8 Å². The van der Waals surface area contributed by atoms with Crippen LogP contribution in [0.2, 0.25) is 0 Å². The van der Waals surface area contributed by atoms with E-state index >= 15 is 0 Å². The fourth-order valence-corrected chi connectivity index (χ4v) is 3.48. The SMILES string of the molecule is COc1ccc(C(NC(=O)C[C@H](N)C(=O)O)(c2ccccc2)c2ccccc2)cc1. The molecule has 1 amide bonds. The molecule has 0 saturated carbocycles. The maximum Gasteiger partial charge on any atom is 0.321 e. The third kappa shape index (κ3) is 4.34. The van der Waals surface area contributed by atoms with Crippen molar-refractivity contribution in [2.75, 3.05) is 7.11 Å². The third-order valence-corrected chi connectivity index (χ3v) is 4.99. The molecule has 3 rings (SSSR count). The molecule has 30 heavy (non-hydrogen) atoms. The number of nitrogens with one attached hydrogen (secondary N) is 1. The number of aliphatic carboxylic acids is 1. The van der Waals surface area contributed by atoms with Crippen LogP contribution in [0.25, 0.3) is 0 Å². The number of carbonyl (C=O) groups is 2. The van der Waals surface area contributed by atoms with Gasteiger partial charge < -0.3 is 20.9 Å². The molecule has 3 aromatic rings. The minimum absolute atomic E-state index is 0.340. The molecular formula is C24H24N2O4. The molecule has 3 aromatic carbocycles. The molecule has 6 nitrogen and oxygen atoms in total. The van der Waals surface area contributed by atoms with Gasteiger partial charge in [-0.05, 0) is 28.8 Å². The van der Waals surface area contributed by atoms with E-state index in [1.807, 2.05) is 84.9 Å². The second-order valence-electron chi connectivity index (χ2n) is 6.91. The van der Waals surface area contributed by atoms with Crippen LogP contribution in [-0.4, -0.2) is 30.1 Å². The molecule has 0 saturated heterocycles. The number of nitrogens with two attached hydrogens (primary N) is 1. The van der Waals surface area contributed by atoms with E-state index in [1.165, 1.54) is 0 Å². The molecule has 0 aliphatic carbocycles. The molecule has 154 valence electrons. The fourth-order valence-electron chi connectivity index (χ4n) is 3.48. The van der Waals surface area contributed by atoms with Gasteiger partial charge in [0.25, 0.3) is 0 Å². The lowest BCUT2D eigenvalue weighted by molar-refractivity contribution is -0.140. The highest BCUT2D eigenvalue weighted by Gasteiger charge is 2.38. The van der Waals surface area contributed by atoms with Crippen LogP contribution in [0.4, 0.5) is 0 Å². The number of hydrogen-bond donors (Lipinski definition) is 3. The molecular weight excluding hydrogens is 380 g/mol. The van der Waals surface area contributed by atoms with E-state index in [2.05, 4.69) is 5.32 Å². The van der Waals surface area contributed by atoms with Crippen LogP contribution in [0, 0.1) is 0 Å². The van der Waals surface area contributed by atoms with E-state index in [0.29, 0.717) is 5.75 Å². The quantitative estimate of drug-likeness (QED) is 0.501. The zero-order valence-electron chi connectivity index (χ0n) is 16.6. The Bertz CT molecular complexity index is 949. The second kappa shape index (κ2) is 9.24. The Labute approximate surface area is 175 Å². The lowest BCUT2D eigenvalue weighted by atomic mass is 9.76. The number of benzene rings is 3. The number of ether oxygens (including phenoxy) is 1. The Kier molecular flexibility index (Phi) is 6.49. The van der Waals surface area contributed by atoms with Crippen molar-refractivity contribution in [3.8, 4) is 5.75 Å². The van der Waals surface area contributed by atoms with E-state index < -0.39 is 23.5 Å². The van der Waals surface area contributed by atoms with Crippen molar-refractivity contribution in [2.45, 2.75) is 18.0 Å². The largest absolute Gasteiger partial charge is 0.497 e. The monoisotopic (exact) mass is 404 g/mol. The summed E-state index contributed by atoms with van der Waals surface area (Å²) in [5.74, 6) is -0.999. The first-order chi connectivity index (χ1) is 14.5. The zero-order valence-corrected chi connectivity index (χ0v) is 16.6. The van der Waals surface area contributed by atoms with E-state index in [-0.39, 0.29) is 6.42 Å². The highest BCUT2D eigenvalue weighted by atomic mass is 16.5. The number of amides is 1. The van der Waals surface area contributed by atoms with Crippen molar-refractivity contribution in [1.29, 1.82) is 0 Å². The van der Waals surface area contributed by atoms with Crippen molar-refractivity contribution >= 4 is 11.9 Å². The van der Waals surface area contributed by atoms with Crippen LogP contribution in [0.1, 0.15) is 23.1 Å². The molecule has 0 aliphatic heterocycles. The van der Waals surface area contributed by atoms with E-state index in [4.69, 9.17) is 15.6 Å². The summed E-state index contributed by atoms with van der Waals surface area (Å²) in [5, 5.41) is 12.2. The molecule has 4 N–H and O–H groups in total. The first kappa shape index (κ1) is 21.1. The van der Waals surface area contributed by atoms with Crippen LogP contribution in [0.3, 0.4) is 0 Å². The summed E-state index contributed by atoms with van der Waals surface area (Å²) in [6, 6.07) is 25.2. The molecule has 0 spiro atoms. The number of rotatable bonds is 8. The van der Waals surface area contributed by atoms with Gasteiger partial charge in [-0.2, -0.15) is 0 Å². The molecule has 0 aromatic heterocycles. The first-order valence-corrected chi connectivity index (χ1v) is 9.52. The average molecular weight is 404 g/mol. The van der Waals surface area contributed by atoms with Gasteiger partial charge in [-0.3, -0.25) is 9.59 Å². The van der Waals surface area contributed by atoms with E-state index in [9.17, 15) is 9.59 Å². The molecule has 0 bridgehead atoms. The number of carbonyl (C=O) groups excluding carboxylic acids is 1. The molecule has 0 aliphatic rings. The average Bonchev–Trinajstić information content (AvgIpc) is 2.78. The highest BCUT2D eigenvalue weighted by Crippen LogP contribution is 2.37. The van der Waals surface area contributed by atoms with Crippen LogP contribution >= 0.6 is 0 Å². The second-order valence-corrected chi connectivity index (χ2v) is 6.91. The van der Waals surface area contributed by atoms with E-state index in [1.54, 1.807) is 7.11 Å². The summed E-state index contributed by atoms with van der Waals surface area (Å²) in [6.45, 7) is 0. The Hall–Kier alpha value is -3.64. The van der Waals surface area contributed by atoms with Gasteiger partial charge in [0, 0.05) is 0 Å². The van der Waals surface area contributed by atoms with Crippen molar-refractivity contribution < 1.29 is 19.4 Å². The van der Waals surface area contributed by atoms with Gasteiger partial charge in [0.1, 0.15) is 17.3 Å². The number of carboxylic acid groups (broad SMARTS) is 1. The summed E-state index contributed by atoms with van der Waals surface area (Å²) in [6.07, 6.45) is -0.340. The standard InChI is InChI=1S/C24H24N2O4/c1-30-20-14-12-19(13-15-20)24(17-8-4-2-5-9-17,18-10-6-3-7-11-18)26-22(27)16-21(25)23(28)29/h2-15,21H,16,25H2,1H3,(H,26,27)(H,28,29)/t21-/m0/s1. The Morgan fingerprint density at radius 2 is 1.37 bits per heavy atom.